The van der Waals surface area contributed by atoms with Crippen LogP contribution in [0.3, 0.4) is 0 Å². The van der Waals surface area contributed by atoms with Crippen LogP contribution >= 0.6 is 0 Å². The van der Waals surface area contributed by atoms with E-state index in [0.29, 0.717) is 25.2 Å². The number of nitrogens with two attached hydrogens (primary N) is 1. The van der Waals surface area contributed by atoms with Crippen molar-refractivity contribution in [1.29, 1.82) is 0 Å². The largest absolute Gasteiger partial charge is 0.465 e. The Balaban J connectivity index is 1.85. The summed E-state index contributed by atoms with van der Waals surface area (Å²) in [5.41, 5.74) is 4.91. The number of fused-ring (bicyclic) bond motifs is 1. The van der Waals surface area contributed by atoms with Gasteiger partial charge in [0.25, 0.3) is 0 Å². The molecule has 0 aromatic carbocycles. The summed E-state index contributed by atoms with van der Waals surface area (Å²) in [5, 5.41) is 15.7. The fourth-order valence-corrected chi connectivity index (χ4v) is 6.24. The van der Waals surface area contributed by atoms with E-state index in [1.165, 1.54) is 32.1 Å². The number of carbonyl (C=O) groups excluding carboxylic acids is 3. The summed E-state index contributed by atoms with van der Waals surface area (Å²) in [6.45, 7) is 14.9. The number of hydrogen-bond donors (Lipinski definition) is 4. The number of aliphatic hydroxyl groups is 1. The van der Waals surface area contributed by atoms with Crippen LogP contribution in [0.5, 0.6) is 0 Å². The van der Waals surface area contributed by atoms with Gasteiger partial charge in [-0.15, -0.1) is 0 Å². The lowest BCUT2D eigenvalue weighted by atomic mass is 9.90. The molecule has 276 valence electrons. The van der Waals surface area contributed by atoms with Gasteiger partial charge in [0.2, 0.25) is 5.96 Å². The highest BCUT2D eigenvalue weighted by molar-refractivity contribution is 6.01. The first-order chi connectivity index (χ1) is 22.5. The number of aliphatic hydroxyl groups excluding tert-OH is 1. The Morgan fingerprint density at radius 3 is 2.10 bits per heavy atom. The summed E-state index contributed by atoms with van der Waals surface area (Å²) in [4.78, 5) is 48.8. The molecule has 0 unspecified atom stereocenters. The summed E-state index contributed by atoms with van der Waals surface area (Å²) >= 11 is 0. The maximum Gasteiger partial charge on any atom is 0.414 e. The molecular formula is C35H64N6O7. The summed E-state index contributed by atoms with van der Waals surface area (Å²) < 4.78 is 16.2. The van der Waals surface area contributed by atoms with Crippen LogP contribution in [0.1, 0.15) is 139 Å². The Bertz CT molecular complexity index is 1050. The van der Waals surface area contributed by atoms with Crippen molar-refractivity contribution in [3.63, 3.8) is 0 Å². The second-order valence-corrected chi connectivity index (χ2v) is 15.1. The molecule has 2 aliphatic rings. The average Bonchev–Trinajstić information content (AvgIpc) is 3.35. The van der Waals surface area contributed by atoms with E-state index in [4.69, 9.17) is 19.9 Å². The molecule has 5 N–H and O–H groups in total. The van der Waals surface area contributed by atoms with Gasteiger partial charge in [-0.05, 0) is 87.0 Å². The normalized spacial score (nSPS) is 21.4. The number of rotatable bonds is 16. The molecule has 2 amide bonds. The highest BCUT2D eigenvalue weighted by atomic mass is 16.6. The molecule has 13 nitrogen and oxygen atoms in total. The first kappa shape index (κ1) is 41.1. The van der Waals surface area contributed by atoms with Crippen LogP contribution in [-0.2, 0) is 19.0 Å². The van der Waals surface area contributed by atoms with E-state index < -0.39 is 35.4 Å². The number of ether oxygens (including phenoxy) is 3. The van der Waals surface area contributed by atoms with Crippen LogP contribution < -0.4 is 16.4 Å². The number of guanidine groups is 2. The van der Waals surface area contributed by atoms with Crippen LogP contribution in [0.2, 0.25) is 0 Å². The Labute approximate surface area is 288 Å². The number of carbonyl (C=O) groups is 3. The van der Waals surface area contributed by atoms with E-state index in [9.17, 15) is 19.5 Å². The van der Waals surface area contributed by atoms with Gasteiger partial charge < -0.3 is 30.0 Å². The third-order valence-corrected chi connectivity index (χ3v) is 8.34. The molecule has 0 bridgehead atoms. The number of amides is 2. The molecule has 0 radical (unpaired) electrons. The van der Waals surface area contributed by atoms with Gasteiger partial charge in [0, 0.05) is 18.6 Å². The number of nitrogens with one attached hydrogen (secondary N) is 2. The summed E-state index contributed by atoms with van der Waals surface area (Å²) in [6, 6.07) is -0.359. The van der Waals surface area contributed by atoms with Gasteiger partial charge in [-0.3, -0.25) is 20.4 Å². The number of alkyl carbamates (subject to hydrolysis) is 2. The number of unbranched alkanes of at least 4 members (excludes halogenated alkanes) is 7. The SMILES string of the molecule is CCCCCCCCC[C@H](O)C[C@@H]1CC[C@H]2[C@@H](C(=O)OCCCCN=C(NC(=O)OC(C)(C)C)NC(=O)OC(C)(C)C)[C@@H](C)N=C(N)N12. The van der Waals surface area contributed by atoms with Gasteiger partial charge in [0.1, 0.15) is 11.2 Å². The van der Waals surface area contributed by atoms with Crippen molar-refractivity contribution < 1.29 is 33.7 Å². The van der Waals surface area contributed by atoms with E-state index in [0.717, 1.165) is 32.1 Å². The molecule has 0 spiro atoms. The Hall–Kier alpha value is -3.09. The predicted molar refractivity (Wildman–Crippen MR) is 188 cm³/mol. The zero-order valence-corrected chi connectivity index (χ0v) is 30.8. The minimum absolute atomic E-state index is 0.0525. The average molecular weight is 681 g/mol. The van der Waals surface area contributed by atoms with Crippen molar-refractivity contribution in [1.82, 2.24) is 15.5 Å². The third kappa shape index (κ3) is 15.4. The highest BCUT2D eigenvalue weighted by Gasteiger charge is 2.48. The van der Waals surface area contributed by atoms with Gasteiger partial charge in [-0.1, -0.05) is 51.9 Å². The minimum atomic E-state index is -0.762. The van der Waals surface area contributed by atoms with Gasteiger partial charge >= 0.3 is 18.2 Å². The molecule has 0 aliphatic carbocycles. The molecular weight excluding hydrogens is 616 g/mol. The van der Waals surface area contributed by atoms with Crippen LogP contribution in [0, 0.1) is 5.92 Å². The maximum absolute atomic E-state index is 13.3. The number of hydrogen-bond acceptors (Lipinski definition) is 11. The lowest BCUT2D eigenvalue weighted by Gasteiger charge is -2.40. The summed E-state index contributed by atoms with van der Waals surface area (Å²) in [7, 11) is 0. The van der Waals surface area contributed by atoms with E-state index in [2.05, 4.69) is 27.5 Å². The Morgan fingerprint density at radius 2 is 1.52 bits per heavy atom. The number of esters is 1. The van der Waals surface area contributed by atoms with Gasteiger partial charge in [0.05, 0.1) is 24.7 Å². The lowest BCUT2D eigenvalue weighted by molar-refractivity contribution is -0.151. The standard InChI is InChI=1S/C35H64N6O7/c1-9-10-11-12-13-14-15-18-26(42)23-25-19-20-27-28(24(2)38-30(36)41(25)27)29(43)46-22-17-16-21-37-31(39-32(44)47-34(3,4)5)40-33(45)48-35(6,7)8/h24-28,42H,9-23H2,1-8H3,(H2,36,38)(H2,37,39,40,44,45)/t24-,25+,26+,27+,28+/m1/s1. The third-order valence-electron chi connectivity index (χ3n) is 8.34. The summed E-state index contributed by atoms with van der Waals surface area (Å²) in [6.07, 6.45) is 10.6. The Kier molecular flexibility index (Phi) is 16.9. The topological polar surface area (TPSA) is 177 Å². The van der Waals surface area contributed by atoms with Gasteiger partial charge in [-0.2, -0.15) is 0 Å². The second-order valence-electron chi connectivity index (χ2n) is 15.1. The monoisotopic (exact) mass is 680 g/mol. The summed E-state index contributed by atoms with van der Waals surface area (Å²) in [5.74, 6) is -0.398. The first-order valence-electron chi connectivity index (χ1n) is 18.0. The fraction of sp³-hybridized carbons (Fsp3) is 0.857. The molecule has 2 heterocycles. The molecule has 13 heteroatoms. The molecule has 0 aromatic heterocycles. The van der Waals surface area contributed by atoms with Crippen LogP contribution in [0.25, 0.3) is 0 Å². The smallest absolute Gasteiger partial charge is 0.414 e. The number of aliphatic imine (C=N–C) groups is 2. The fourth-order valence-electron chi connectivity index (χ4n) is 6.24. The van der Waals surface area contributed by atoms with E-state index in [1.54, 1.807) is 41.5 Å². The van der Waals surface area contributed by atoms with Crippen molar-refractivity contribution in [2.75, 3.05) is 13.2 Å². The van der Waals surface area contributed by atoms with Crippen molar-refractivity contribution in [3.05, 3.63) is 0 Å². The first-order valence-corrected chi connectivity index (χ1v) is 18.0. The van der Waals surface area contributed by atoms with Crippen LogP contribution in [0.15, 0.2) is 9.98 Å². The van der Waals surface area contributed by atoms with Crippen LogP contribution in [-0.4, -0.2) is 88.7 Å². The predicted octanol–water partition coefficient (Wildman–Crippen LogP) is 5.77. The van der Waals surface area contributed by atoms with Crippen molar-refractivity contribution in [2.24, 2.45) is 21.6 Å². The highest BCUT2D eigenvalue weighted by Crippen LogP contribution is 2.37. The van der Waals surface area contributed by atoms with Crippen molar-refractivity contribution in [3.8, 4) is 0 Å². The molecule has 48 heavy (non-hydrogen) atoms. The van der Waals surface area contributed by atoms with Crippen LogP contribution in [0.4, 0.5) is 9.59 Å². The zero-order valence-electron chi connectivity index (χ0n) is 30.8. The van der Waals surface area contributed by atoms with Crippen molar-refractivity contribution in [2.45, 2.75) is 174 Å². The maximum atomic E-state index is 13.3. The van der Waals surface area contributed by atoms with Gasteiger partial charge in [0.15, 0.2) is 5.96 Å². The Morgan fingerprint density at radius 1 is 0.938 bits per heavy atom. The van der Waals surface area contributed by atoms with Crippen molar-refractivity contribution >= 4 is 30.1 Å². The molecule has 0 aromatic rings. The number of nitrogens with zero attached hydrogens (tertiary/aromatic N) is 3. The lowest BCUT2D eigenvalue weighted by Crippen LogP contribution is -2.56. The van der Waals surface area contributed by atoms with E-state index in [1.807, 2.05) is 11.8 Å². The van der Waals surface area contributed by atoms with Gasteiger partial charge in [-0.25, -0.2) is 14.6 Å². The molecule has 5 atom stereocenters. The quantitative estimate of drug-likeness (QED) is 0.0518. The second kappa shape index (κ2) is 19.8. The molecule has 1 fully saturated rings. The minimum Gasteiger partial charge on any atom is -0.465 e. The zero-order chi connectivity index (χ0) is 35.9. The van der Waals surface area contributed by atoms with E-state index >= 15 is 0 Å². The molecule has 1 saturated heterocycles. The molecule has 0 saturated carbocycles. The molecule has 2 rings (SSSR count). The van der Waals surface area contributed by atoms with E-state index in [-0.39, 0.29) is 43.2 Å². The molecule has 2 aliphatic heterocycles.